The van der Waals surface area contributed by atoms with Crippen LogP contribution in [-0.2, 0) is 9.53 Å². The number of hydrogen-bond donors (Lipinski definition) is 2. The third-order valence-electron chi connectivity index (χ3n) is 9.97. The molecule has 2 N–H and O–H groups in total. The van der Waals surface area contributed by atoms with Crippen LogP contribution < -0.4 is 5.32 Å². The minimum absolute atomic E-state index is 0.0112. The normalized spacial score (nSPS) is 47.0. The van der Waals surface area contributed by atoms with Crippen LogP contribution in [0.25, 0.3) is 0 Å². The first-order chi connectivity index (χ1) is 14.4. The fraction of sp³-hybridized carbons (Fsp3) is 0.923. The van der Waals surface area contributed by atoms with Crippen LogP contribution in [0.15, 0.2) is 0 Å². The van der Waals surface area contributed by atoms with E-state index >= 15 is 0 Å². The van der Waals surface area contributed by atoms with Crippen molar-refractivity contribution in [2.24, 2.45) is 40.4 Å². The number of fused-ring (bicyclic) bond motifs is 5. The molecule has 0 bridgehead atoms. The van der Waals surface area contributed by atoms with E-state index in [9.17, 15) is 14.7 Å². The number of hydrogen-bond acceptors (Lipinski definition) is 4. The van der Waals surface area contributed by atoms with Crippen LogP contribution in [0.4, 0.5) is 4.79 Å². The van der Waals surface area contributed by atoms with Gasteiger partial charge in [0.1, 0.15) is 11.4 Å². The predicted molar refractivity (Wildman–Crippen MR) is 120 cm³/mol. The molecule has 4 aliphatic carbocycles. The van der Waals surface area contributed by atoms with E-state index in [0.717, 1.165) is 38.5 Å². The van der Waals surface area contributed by atoms with E-state index in [1.54, 1.807) is 6.92 Å². The van der Waals surface area contributed by atoms with Crippen molar-refractivity contribution in [2.45, 2.75) is 111 Å². The minimum atomic E-state index is -0.543. The summed E-state index contributed by atoms with van der Waals surface area (Å²) >= 11 is 0. The van der Waals surface area contributed by atoms with Gasteiger partial charge in [-0.05, 0) is 108 Å². The van der Waals surface area contributed by atoms with Crippen molar-refractivity contribution >= 4 is 11.9 Å². The summed E-state index contributed by atoms with van der Waals surface area (Å²) in [5, 5.41) is 13.6. The molecule has 0 heterocycles. The molecular formula is C26H43NO4. The molecule has 0 saturated heterocycles. The molecular weight excluding hydrogens is 390 g/mol. The minimum Gasteiger partial charge on any atom is -0.444 e. The lowest BCUT2D eigenvalue weighted by Gasteiger charge is -2.62. The maximum absolute atomic E-state index is 12.8. The van der Waals surface area contributed by atoms with Crippen LogP contribution in [0.3, 0.4) is 0 Å². The lowest BCUT2D eigenvalue weighted by Crippen LogP contribution is -2.63. The summed E-state index contributed by atoms with van der Waals surface area (Å²) in [6.07, 6.45) is 7.68. The Morgan fingerprint density at radius 2 is 1.71 bits per heavy atom. The lowest BCUT2D eigenvalue weighted by atomic mass is 9.43. The third-order valence-corrected chi connectivity index (χ3v) is 9.97. The van der Waals surface area contributed by atoms with Gasteiger partial charge in [-0.25, -0.2) is 4.79 Å². The van der Waals surface area contributed by atoms with Gasteiger partial charge in [0, 0.05) is 17.4 Å². The molecule has 0 aliphatic heterocycles. The summed E-state index contributed by atoms with van der Waals surface area (Å²) in [6, 6.07) is -0.0487. The third kappa shape index (κ3) is 3.83. The van der Waals surface area contributed by atoms with Crippen molar-refractivity contribution in [3.05, 3.63) is 0 Å². The number of nitrogens with one attached hydrogen (secondary N) is 1. The van der Waals surface area contributed by atoms with Crippen molar-refractivity contribution in [3.63, 3.8) is 0 Å². The maximum atomic E-state index is 12.8. The zero-order valence-electron chi connectivity index (χ0n) is 20.4. The monoisotopic (exact) mass is 433 g/mol. The number of aliphatic hydroxyl groups excluding tert-OH is 1. The van der Waals surface area contributed by atoms with Crippen LogP contribution in [0.2, 0.25) is 0 Å². The Morgan fingerprint density at radius 3 is 2.35 bits per heavy atom. The van der Waals surface area contributed by atoms with Gasteiger partial charge in [-0.2, -0.15) is 0 Å². The molecule has 0 radical (unpaired) electrons. The summed E-state index contributed by atoms with van der Waals surface area (Å²) in [5.41, 5.74) is -0.536. The van der Waals surface area contributed by atoms with Crippen LogP contribution in [0.1, 0.15) is 92.9 Å². The molecule has 9 atom stereocenters. The van der Waals surface area contributed by atoms with Crippen molar-refractivity contribution in [1.82, 2.24) is 5.32 Å². The summed E-state index contributed by atoms with van der Waals surface area (Å²) in [4.78, 5) is 25.5. The molecule has 0 spiro atoms. The molecule has 1 amide bonds. The van der Waals surface area contributed by atoms with Gasteiger partial charge in [0.2, 0.25) is 0 Å². The Morgan fingerprint density at radius 1 is 1.00 bits per heavy atom. The molecule has 4 rings (SSSR count). The van der Waals surface area contributed by atoms with E-state index in [-0.39, 0.29) is 40.8 Å². The molecule has 0 unspecified atom stereocenters. The van der Waals surface area contributed by atoms with Crippen LogP contribution in [0, 0.1) is 40.4 Å². The van der Waals surface area contributed by atoms with Crippen LogP contribution in [-0.4, -0.2) is 34.7 Å². The first kappa shape index (κ1) is 23.1. The Labute approximate surface area is 188 Å². The Hall–Kier alpha value is -1.10. The van der Waals surface area contributed by atoms with Gasteiger partial charge >= 0.3 is 6.09 Å². The average Bonchev–Trinajstić information content (AvgIpc) is 3.00. The molecule has 0 aromatic rings. The van der Waals surface area contributed by atoms with Crippen LogP contribution >= 0.6 is 0 Å². The van der Waals surface area contributed by atoms with Gasteiger partial charge in [0.25, 0.3) is 0 Å². The highest BCUT2D eigenvalue weighted by Gasteiger charge is 2.64. The Kier molecular flexibility index (Phi) is 5.76. The zero-order chi connectivity index (χ0) is 22.8. The highest BCUT2D eigenvalue weighted by atomic mass is 16.6. The smallest absolute Gasteiger partial charge is 0.407 e. The highest BCUT2D eigenvalue weighted by molar-refractivity contribution is 5.80. The maximum Gasteiger partial charge on any atom is 0.407 e. The summed E-state index contributed by atoms with van der Waals surface area (Å²) < 4.78 is 5.64. The van der Waals surface area contributed by atoms with Crippen molar-refractivity contribution < 1.29 is 19.4 Å². The zero-order valence-corrected chi connectivity index (χ0v) is 20.4. The Bertz CT molecular complexity index is 729. The molecule has 176 valence electrons. The number of carbonyl (C=O) groups is 2. The number of aliphatic hydroxyl groups is 1. The number of alkyl carbamates (subject to hydrolysis) is 1. The quantitative estimate of drug-likeness (QED) is 0.635. The van der Waals surface area contributed by atoms with Gasteiger partial charge in [0.05, 0.1) is 6.10 Å². The molecule has 31 heavy (non-hydrogen) atoms. The number of rotatable bonds is 2. The number of ketones is 1. The molecule has 0 aromatic heterocycles. The molecule has 5 heteroatoms. The predicted octanol–water partition coefficient (Wildman–Crippen LogP) is 5.10. The number of ether oxygens (including phenoxy) is 1. The van der Waals surface area contributed by atoms with Crippen molar-refractivity contribution in [2.75, 3.05) is 0 Å². The largest absolute Gasteiger partial charge is 0.444 e. The Balaban J connectivity index is 1.67. The first-order valence-electron chi connectivity index (χ1n) is 12.5. The second kappa shape index (κ2) is 7.74. The average molecular weight is 434 g/mol. The topological polar surface area (TPSA) is 75.6 Å². The van der Waals surface area contributed by atoms with E-state index in [4.69, 9.17) is 4.74 Å². The second-order valence-corrected chi connectivity index (χ2v) is 12.6. The highest BCUT2D eigenvalue weighted by Crippen LogP contribution is 2.67. The van der Waals surface area contributed by atoms with Crippen molar-refractivity contribution in [1.29, 1.82) is 0 Å². The number of Topliss-reactive ketones (excluding diaryl/α,β-unsaturated/α-hetero) is 1. The fourth-order valence-electron chi connectivity index (χ4n) is 8.56. The van der Waals surface area contributed by atoms with E-state index in [1.807, 2.05) is 20.8 Å². The molecule has 4 saturated carbocycles. The summed E-state index contributed by atoms with van der Waals surface area (Å²) in [5.74, 6) is 2.45. The summed E-state index contributed by atoms with van der Waals surface area (Å²) in [6.45, 7) is 12.1. The lowest BCUT2D eigenvalue weighted by molar-refractivity contribution is -0.146. The SMILES string of the molecule is CC(=O)[C@H]1CC[C@H]2[C@@H]3CC[C@H]4C[C@H](O)CC[C@]4(C)[C@H]3C[C@@H](NC(=O)OC(C)(C)C)[C@]12C. The van der Waals surface area contributed by atoms with Crippen molar-refractivity contribution in [3.8, 4) is 0 Å². The molecule has 4 aliphatic rings. The fourth-order valence-corrected chi connectivity index (χ4v) is 8.56. The summed E-state index contributed by atoms with van der Waals surface area (Å²) in [7, 11) is 0. The van der Waals surface area contributed by atoms with Crippen LogP contribution in [0.5, 0.6) is 0 Å². The standard InChI is InChI=1S/C26H43NO4/c1-15(28)19-9-10-20-18-8-7-16-13-17(29)11-12-25(16,5)21(18)14-22(26(19,20)6)27-23(30)31-24(2,3)4/h16-22,29H,7-14H2,1-6H3,(H,27,30)/t16-,17+,18-,19+,20-,21-,22+,25-,26+/m0/s1. The van der Waals surface area contributed by atoms with E-state index in [0.29, 0.717) is 23.7 Å². The molecule has 4 fully saturated rings. The van der Waals surface area contributed by atoms with Gasteiger partial charge in [-0.3, -0.25) is 4.79 Å². The number of amides is 1. The van der Waals surface area contributed by atoms with Gasteiger partial charge in [0.15, 0.2) is 0 Å². The van der Waals surface area contributed by atoms with Gasteiger partial charge in [-0.1, -0.05) is 13.8 Å². The second-order valence-electron chi connectivity index (χ2n) is 12.6. The molecule has 5 nitrogen and oxygen atoms in total. The first-order valence-corrected chi connectivity index (χ1v) is 12.5. The van der Waals surface area contributed by atoms with E-state index < -0.39 is 5.60 Å². The van der Waals surface area contributed by atoms with Gasteiger partial charge < -0.3 is 15.2 Å². The van der Waals surface area contributed by atoms with E-state index in [2.05, 4.69) is 19.2 Å². The van der Waals surface area contributed by atoms with E-state index in [1.165, 1.54) is 12.8 Å². The molecule has 0 aromatic carbocycles. The number of carbonyl (C=O) groups excluding carboxylic acids is 2. The van der Waals surface area contributed by atoms with Gasteiger partial charge in [-0.15, -0.1) is 0 Å².